The van der Waals surface area contributed by atoms with E-state index in [9.17, 15) is 0 Å². The lowest BCUT2D eigenvalue weighted by Gasteiger charge is -2.15. The molecule has 5 heteroatoms. The fourth-order valence-corrected chi connectivity index (χ4v) is 2.70. The van der Waals surface area contributed by atoms with Crippen molar-refractivity contribution in [2.45, 2.75) is 19.5 Å². The number of hydrogen-bond acceptors (Lipinski definition) is 3. The third-order valence-corrected chi connectivity index (χ3v) is 4.41. The highest BCUT2D eigenvalue weighted by molar-refractivity contribution is 9.10. The minimum atomic E-state index is 0.275. The normalized spacial score (nSPS) is 12.3. The second-order valence-corrected chi connectivity index (χ2v) is 5.98. The molecule has 0 unspecified atom stereocenters. The summed E-state index contributed by atoms with van der Waals surface area (Å²) >= 11 is 3.58. The first-order valence-electron chi connectivity index (χ1n) is 7.16. The number of halogens is 1. The maximum atomic E-state index is 4.13. The van der Waals surface area contributed by atoms with E-state index < -0.39 is 0 Å². The zero-order valence-corrected chi connectivity index (χ0v) is 13.9. The summed E-state index contributed by atoms with van der Waals surface area (Å²) in [5.74, 6) is 0. The zero-order chi connectivity index (χ0) is 15.4. The minimum absolute atomic E-state index is 0.275. The zero-order valence-electron chi connectivity index (χ0n) is 12.3. The predicted molar refractivity (Wildman–Crippen MR) is 90.8 cm³/mol. The molecule has 1 N–H and O–H groups in total. The highest BCUT2D eigenvalue weighted by Crippen LogP contribution is 2.19. The van der Waals surface area contributed by atoms with Gasteiger partial charge in [-0.2, -0.15) is 5.10 Å². The van der Waals surface area contributed by atoms with Crippen LogP contribution in [-0.4, -0.2) is 14.8 Å². The molecule has 112 valence electrons. The predicted octanol–water partition coefficient (Wildman–Crippen LogP) is 3.88. The summed E-state index contributed by atoms with van der Waals surface area (Å²) in [5.41, 5.74) is 3.52. The summed E-state index contributed by atoms with van der Waals surface area (Å²) < 4.78 is 2.89. The van der Waals surface area contributed by atoms with Crippen LogP contribution in [-0.2, 0) is 6.54 Å². The second-order valence-electron chi connectivity index (χ2n) is 5.13. The number of aromatic nitrogens is 3. The molecule has 3 aromatic rings. The Bertz CT molecular complexity index is 723. The number of benzene rings is 2. The van der Waals surface area contributed by atoms with E-state index in [4.69, 9.17) is 0 Å². The van der Waals surface area contributed by atoms with E-state index in [0.29, 0.717) is 0 Å². The monoisotopic (exact) mass is 356 g/mol. The summed E-state index contributed by atoms with van der Waals surface area (Å²) in [6.07, 6.45) is 3.24. The van der Waals surface area contributed by atoms with Crippen molar-refractivity contribution in [3.8, 4) is 5.69 Å². The highest BCUT2D eigenvalue weighted by atomic mass is 79.9. The lowest BCUT2D eigenvalue weighted by molar-refractivity contribution is 0.573. The van der Waals surface area contributed by atoms with Crippen molar-refractivity contribution in [2.75, 3.05) is 0 Å². The Balaban J connectivity index is 1.65. The van der Waals surface area contributed by atoms with Crippen LogP contribution < -0.4 is 5.32 Å². The Kier molecular flexibility index (Phi) is 4.65. The Morgan fingerprint density at radius 2 is 1.91 bits per heavy atom. The van der Waals surface area contributed by atoms with Crippen LogP contribution in [0.2, 0.25) is 0 Å². The Morgan fingerprint density at radius 3 is 2.59 bits per heavy atom. The van der Waals surface area contributed by atoms with Crippen molar-refractivity contribution in [1.29, 1.82) is 0 Å². The molecule has 1 heterocycles. The molecular weight excluding hydrogens is 340 g/mol. The SMILES string of the molecule is C[C@H](NCc1ccccc1Br)c1ccc(-n2cncn2)cc1. The van der Waals surface area contributed by atoms with Gasteiger partial charge in [0.2, 0.25) is 0 Å². The van der Waals surface area contributed by atoms with Gasteiger partial charge in [-0.05, 0) is 36.2 Å². The lowest BCUT2D eigenvalue weighted by atomic mass is 10.1. The van der Waals surface area contributed by atoms with Crippen LogP contribution in [0.4, 0.5) is 0 Å². The molecule has 0 spiro atoms. The molecule has 0 aliphatic rings. The number of rotatable bonds is 5. The molecule has 22 heavy (non-hydrogen) atoms. The van der Waals surface area contributed by atoms with Crippen molar-refractivity contribution in [1.82, 2.24) is 20.1 Å². The lowest BCUT2D eigenvalue weighted by Crippen LogP contribution is -2.18. The van der Waals surface area contributed by atoms with Crippen molar-refractivity contribution in [3.05, 3.63) is 76.8 Å². The molecular formula is C17H17BrN4. The van der Waals surface area contributed by atoms with Crippen molar-refractivity contribution >= 4 is 15.9 Å². The molecule has 4 nitrogen and oxygen atoms in total. The average molecular weight is 357 g/mol. The third kappa shape index (κ3) is 3.43. The molecule has 0 aliphatic carbocycles. The van der Waals surface area contributed by atoms with Crippen LogP contribution in [0.25, 0.3) is 5.69 Å². The maximum absolute atomic E-state index is 4.13. The summed E-state index contributed by atoms with van der Waals surface area (Å²) in [7, 11) is 0. The molecule has 0 bridgehead atoms. The van der Waals surface area contributed by atoms with E-state index in [2.05, 4.69) is 80.7 Å². The largest absolute Gasteiger partial charge is 0.306 e. The summed E-state index contributed by atoms with van der Waals surface area (Å²) in [5, 5.41) is 7.68. The minimum Gasteiger partial charge on any atom is -0.306 e. The van der Waals surface area contributed by atoms with Gasteiger partial charge in [0.05, 0.1) is 5.69 Å². The van der Waals surface area contributed by atoms with Gasteiger partial charge >= 0.3 is 0 Å². The van der Waals surface area contributed by atoms with Gasteiger partial charge in [0.15, 0.2) is 0 Å². The Hall–Kier alpha value is -1.98. The fraction of sp³-hybridized carbons (Fsp3) is 0.176. The molecule has 2 aromatic carbocycles. The second kappa shape index (κ2) is 6.85. The molecule has 3 rings (SSSR count). The van der Waals surface area contributed by atoms with E-state index in [1.54, 1.807) is 11.0 Å². The van der Waals surface area contributed by atoms with E-state index in [1.807, 2.05) is 6.07 Å². The molecule has 0 saturated carbocycles. The van der Waals surface area contributed by atoms with E-state index >= 15 is 0 Å². The summed E-state index contributed by atoms with van der Waals surface area (Å²) in [6, 6.07) is 16.9. The van der Waals surface area contributed by atoms with Crippen LogP contribution in [0.3, 0.4) is 0 Å². The van der Waals surface area contributed by atoms with Crippen LogP contribution in [0.5, 0.6) is 0 Å². The number of hydrogen-bond donors (Lipinski definition) is 1. The molecule has 1 atom stereocenters. The van der Waals surface area contributed by atoms with Gasteiger partial charge < -0.3 is 5.32 Å². The maximum Gasteiger partial charge on any atom is 0.138 e. The fourth-order valence-electron chi connectivity index (χ4n) is 2.28. The first-order valence-corrected chi connectivity index (χ1v) is 7.95. The van der Waals surface area contributed by atoms with Crippen LogP contribution in [0.15, 0.2) is 65.7 Å². The van der Waals surface area contributed by atoms with Crippen LogP contribution >= 0.6 is 15.9 Å². The first-order chi connectivity index (χ1) is 10.7. The number of nitrogens with one attached hydrogen (secondary N) is 1. The van der Waals surface area contributed by atoms with Crippen molar-refractivity contribution in [2.24, 2.45) is 0 Å². The molecule has 0 amide bonds. The summed E-state index contributed by atoms with van der Waals surface area (Å²) in [4.78, 5) is 3.96. The highest BCUT2D eigenvalue weighted by Gasteiger charge is 2.06. The molecule has 0 radical (unpaired) electrons. The average Bonchev–Trinajstić information content (AvgIpc) is 3.08. The van der Waals surface area contributed by atoms with Crippen molar-refractivity contribution < 1.29 is 0 Å². The molecule has 1 aromatic heterocycles. The summed E-state index contributed by atoms with van der Waals surface area (Å²) in [6.45, 7) is 2.99. The Labute approximate surface area is 138 Å². The topological polar surface area (TPSA) is 42.7 Å². The van der Waals surface area contributed by atoms with Gasteiger partial charge in [-0.25, -0.2) is 9.67 Å². The van der Waals surface area contributed by atoms with E-state index in [0.717, 1.165) is 16.7 Å². The van der Waals surface area contributed by atoms with Crippen LogP contribution in [0.1, 0.15) is 24.1 Å². The van der Waals surface area contributed by atoms with Gasteiger partial charge in [0.1, 0.15) is 12.7 Å². The van der Waals surface area contributed by atoms with Crippen LogP contribution in [0, 0.1) is 0 Å². The van der Waals surface area contributed by atoms with Gasteiger partial charge in [-0.3, -0.25) is 0 Å². The Morgan fingerprint density at radius 1 is 1.14 bits per heavy atom. The van der Waals surface area contributed by atoms with Gasteiger partial charge in [-0.15, -0.1) is 0 Å². The van der Waals surface area contributed by atoms with Gasteiger partial charge in [0, 0.05) is 17.1 Å². The van der Waals surface area contributed by atoms with E-state index in [1.165, 1.54) is 17.5 Å². The third-order valence-electron chi connectivity index (χ3n) is 3.63. The quantitative estimate of drug-likeness (QED) is 0.754. The van der Waals surface area contributed by atoms with Gasteiger partial charge in [-0.1, -0.05) is 46.3 Å². The molecule has 0 saturated heterocycles. The van der Waals surface area contributed by atoms with Gasteiger partial charge in [0.25, 0.3) is 0 Å². The molecule has 0 fully saturated rings. The van der Waals surface area contributed by atoms with E-state index in [-0.39, 0.29) is 6.04 Å². The number of nitrogens with zero attached hydrogens (tertiary/aromatic N) is 3. The first kappa shape index (κ1) is 14.9. The van der Waals surface area contributed by atoms with Crippen molar-refractivity contribution in [3.63, 3.8) is 0 Å². The smallest absolute Gasteiger partial charge is 0.138 e. The standard InChI is InChI=1S/C17H17BrN4/c1-13(20-10-15-4-2-3-5-17(15)18)14-6-8-16(9-7-14)22-12-19-11-21-22/h2-9,11-13,20H,10H2,1H3/t13-/m0/s1. The molecule has 0 aliphatic heterocycles.